The molecule has 3 rings (SSSR count). The van der Waals surface area contributed by atoms with Crippen LogP contribution in [0.1, 0.15) is 23.2 Å². The standard InChI is InChI=1S/C15H14ClN3O3/c16-11-1-3-13(4-2-11)19-8-10(7-17-19)14(20)18-12-5-9(6-12)15(21)22/h1-4,7-9,12H,5-6H2,(H,18,20)(H,21,22). The van der Waals surface area contributed by atoms with Crippen LogP contribution in [0.15, 0.2) is 36.7 Å². The van der Waals surface area contributed by atoms with Crippen LogP contribution < -0.4 is 5.32 Å². The predicted octanol–water partition coefficient (Wildman–Crippen LogP) is 2.12. The Hall–Kier alpha value is -2.34. The van der Waals surface area contributed by atoms with Gasteiger partial charge in [-0.1, -0.05) is 11.6 Å². The van der Waals surface area contributed by atoms with Crippen LogP contribution in [0, 0.1) is 5.92 Å². The van der Waals surface area contributed by atoms with E-state index in [0.29, 0.717) is 23.4 Å². The number of carbonyl (C=O) groups is 2. The van der Waals surface area contributed by atoms with Crippen LogP contribution in [0.5, 0.6) is 0 Å². The molecule has 1 amide bonds. The Bertz CT molecular complexity index is 705. The van der Waals surface area contributed by atoms with Crippen LogP contribution >= 0.6 is 11.6 Å². The summed E-state index contributed by atoms with van der Waals surface area (Å²) in [6.07, 6.45) is 4.07. The van der Waals surface area contributed by atoms with Crippen molar-refractivity contribution in [2.45, 2.75) is 18.9 Å². The second kappa shape index (κ2) is 5.81. The fourth-order valence-corrected chi connectivity index (χ4v) is 2.51. The van der Waals surface area contributed by atoms with Crippen LogP contribution in [-0.4, -0.2) is 32.8 Å². The fraction of sp³-hybridized carbons (Fsp3) is 0.267. The molecule has 0 aliphatic heterocycles. The van der Waals surface area contributed by atoms with Gasteiger partial charge in [-0.3, -0.25) is 9.59 Å². The lowest BCUT2D eigenvalue weighted by molar-refractivity contribution is -0.145. The molecule has 1 saturated carbocycles. The largest absolute Gasteiger partial charge is 0.481 e. The van der Waals surface area contributed by atoms with E-state index in [-0.39, 0.29) is 17.9 Å². The maximum Gasteiger partial charge on any atom is 0.306 e. The van der Waals surface area contributed by atoms with Gasteiger partial charge in [-0.15, -0.1) is 0 Å². The third kappa shape index (κ3) is 2.96. The third-order valence-electron chi connectivity index (χ3n) is 3.76. The molecule has 0 saturated heterocycles. The Balaban J connectivity index is 1.63. The maximum absolute atomic E-state index is 12.1. The van der Waals surface area contributed by atoms with E-state index in [4.69, 9.17) is 16.7 Å². The molecule has 0 unspecified atom stereocenters. The summed E-state index contributed by atoms with van der Waals surface area (Å²) < 4.78 is 1.59. The van der Waals surface area contributed by atoms with Crippen molar-refractivity contribution < 1.29 is 14.7 Å². The summed E-state index contributed by atoms with van der Waals surface area (Å²) in [6.45, 7) is 0. The Morgan fingerprint density at radius 3 is 2.59 bits per heavy atom. The number of nitrogens with zero attached hydrogens (tertiary/aromatic N) is 2. The van der Waals surface area contributed by atoms with E-state index in [1.807, 2.05) is 0 Å². The van der Waals surface area contributed by atoms with Gasteiger partial charge in [0.15, 0.2) is 0 Å². The minimum atomic E-state index is -0.805. The van der Waals surface area contributed by atoms with Gasteiger partial charge in [0, 0.05) is 17.3 Å². The van der Waals surface area contributed by atoms with Crippen LogP contribution in [-0.2, 0) is 4.79 Å². The highest BCUT2D eigenvalue weighted by atomic mass is 35.5. The quantitative estimate of drug-likeness (QED) is 0.904. The van der Waals surface area contributed by atoms with Crippen LogP contribution in [0.2, 0.25) is 5.02 Å². The van der Waals surface area contributed by atoms with Crippen LogP contribution in [0.3, 0.4) is 0 Å². The molecule has 1 aromatic carbocycles. The minimum absolute atomic E-state index is 0.0764. The van der Waals surface area contributed by atoms with Crippen molar-refractivity contribution in [2.24, 2.45) is 5.92 Å². The van der Waals surface area contributed by atoms with Gasteiger partial charge < -0.3 is 10.4 Å². The highest BCUT2D eigenvalue weighted by molar-refractivity contribution is 6.30. The molecule has 6 nitrogen and oxygen atoms in total. The van der Waals surface area contributed by atoms with Gasteiger partial charge >= 0.3 is 5.97 Å². The smallest absolute Gasteiger partial charge is 0.306 e. The molecular formula is C15H14ClN3O3. The number of amides is 1. The number of benzene rings is 1. The number of rotatable bonds is 4. The number of hydrogen-bond donors (Lipinski definition) is 2. The molecule has 1 heterocycles. The van der Waals surface area contributed by atoms with Gasteiger partial charge in [0.25, 0.3) is 5.91 Å². The first-order chi connectivity index (χ1) is 10.5. The average molecular weight is 320 g/mol. The van der Waals surface area contributed by atoms with Crippen molar-refractivity contribution in [3.8, 4) is 5.69 Å². The van der Waals surface area contributed by atoms with Crippen molar-refractivity contribution in [3.63, 3.8) is 0 Å². The lowest BCUT2D eigenvalue weighted by Crippen LogP contribution is -2.46. The number of carboxylic acids is 1. The molecule has 1 aliphatic rings. The van der Waals surface area contributed by atoms with E-state index >= 15 is 0 Å². The molecule has 1 aromatic heterocycles. The first-order valence-electron chi connectivity index (χ1n) is 6.87. The Morgan fingerprint density at radius 2 is 1.95 bits per heavy atom. The number of nitrogens with one attached hydrogen (secondary N) is 1. The van der Waals surface area contributed by atoms with Gasteiger partial charge in [0.1, 0.15) is 0 Å². The number of hydrogen-bond acceptors (Lipinski definition) is 3. The third-order valence-corrected chi connectivity index (χ3v) is 4.01. The molecule has 7 heteroatoms. The van der Waals surface area contributed by atoms with E-state index in [9.17, 15) is 9.59 Å². The molecule has 114 valence electrons. The average Bonchev–Trinajstić information content (AvgIpc) is 2.92. The van der Waals surface area contributed by atoms with Gasteiger partial charge in [-0.25, -0.2) is 4.68 Å². The van der Waals surface area contributed by atoms with Crippen molar-refractivity contribution in [1.82, 2.24) is 15.1 Å². The van der Waals surface area contributed by atoms with Gasteiger partial charge in [0.05, 0.1) is 23.4 Å². The highest BCUT2D eigenvalue weighted by Gasteiger charge is 2.35. The van der Waals surface area contributed by atoms with E-state index in [0.717, 1.165) is 5.69 Å². The van der Waals surface area contributed by atoms with Crippen molar-refractivity contribution in [3.05, 3.63) is 47.2 Å². The van der Waals surface area contributed by atoms with E-state index in [2.05, 4.69) is 10.4 Å². The molecular weight excluding hydrogens is 306 g/mol. The summed E-state index contributed by atoms with van der Waals surface area (Å²) in [5.41, 5.74) is 1.24. The zero-order valence-electron chi connectivity index (χ0n) is 11.6. The molecule has 22 heavy (non-hydrogen) atoms. The normalized spacial score (nSPS) is 20.2. The second-order valence-electron chi connectivity index (χ2n) is 5.33. The zero-order chi connectivity index (χ0) is 15.7. The molecule has 0 spiro atoms. The number of carboxylic acid groups (broad SMARTS) is 1. The summed E-state index contributed by atoms with van der Waals surface area (Å²) >= 11 is 5.83. The number of halogens is 1. The zero-order valence-corrected chi connectivity index (χ0v) is 12.3. The predicted molar refractivity (Wildman–Crippen MR) is 80.2 cm³/mol. The van der Waals surface area contributed by atoms with Crippen molar-refractivity contribution >= 4 is 23.5 Å². The molecule has 2 aromatic rings. The molecule has 2 N–H and O–H groups in total. The Labute approximate surface area is 131 Å². The highest BCUT2D eigenvalue weighted by Crippen LogP contribution is 2.27. The van der Waals surface area contributed by atoms with Crippen molar-refractivity contribution in [2.75, 3.05) is 0 Å². The van der Waals surface area contributed by atoms with Gasteiger partial charge in [-0.05, 0) is 37.1 Å². The minimum Gasteiger partial charge on any atom is -0.481 e. The lowest BCUT2D eigenvalue weighted by atomic mass is 9.80. The molecule has 1 aliphatic carbocycles. The number of carbonyl (C=O) groups excluding carboxylic acids is 1. The Morgan fingerprint density at radius 1 is 1.27 bits per heavy atom. The first kappa shape index (κ1) is 14.6. The monoisotopic (exact) mass is 319 g/mol. The van der Waals surface area contributed by atoms with Crippen LogP contribution in [0.4, 0.5) is 0 Å². The summed E-state index contributed by atoms with van der Waals surface area (Å²) in [7, 11) is 0. The van der Waals surface area contributed by atoms with Crippen molar-refractivity contribution in [1.29, 1.82) is 0 Å². The van der Waals surface area contributed by atoms with E-state index in [1.165, 1.54) is 6.20 Å². The summed E-state index contributed by atoms with van der Waals surface area (Å²) in [5, 5.41) is 16.4. The maximum atomic E-state index is 12.1. The number of aliphatic carboxylic acids is 1. The first-order valence-corrected chi connectivity index (χ1v) is 7.25. The SMILES string of the molecule is O=C(NC1CC(C(=O)O)C1)c1cnn(-c2ccc(Cl)cc2)c1. The summed E-state index contributed by atoms with van der Waals surface area (Å²) in [4.78, 5) is 22.8. The van der Waals surface area contributed by atoms with E-state index < -0.39 is 5.97 Å². The second-order valence-corrected chi connectivity index (χ2v) is 5.76. The lowest BCUT2D eigenvalue weighted by Gasteiger charge is -2.32. The molecule has 0 atom stereocenters. The van der Waals surface area contributed by atoms with Gasteiger partial charge in [0.2, 0.25) is 0 Å². The van der Waals surface area contributed by atoms with Crippen LogP contribution in [0.25, 0.3) is 5.69 Å². The summed E-state index contributed by atoms with van der Waals surface area (Å²) in [5.74, 6) is -1.39. The summed E-state index contributed by atoms with van der Waals surface area (Å²) in [6, 6.07) is 7.03. The molecule has 1 fully saturated rings. The topological polar surface area (TPSA) is 84.2 Å². The Kier molecular flexibility index (Phi) is 3.85. The van der Waals surface area contributed by atoms with Gasteiger partial charge in [-0.2, -0.15) is 5.10 Å². The van der Waals surface area contributed by atoms with E-state index in [1.54, 1.807) is 35.1 Å². The molecule has 0 bridgehead atoms. The number of aromatic nitrogens is 2. The molecule has 0 radical (unpaired) electrons. The fourth-order valence-electron chi connectivity index (χ4n) is 2.38.